The summed E-state index contributed by atoms with van der Waals surface area (Å²) in [6.07, 6.45) is -0.239. The van der Waals surface area contributed by atoms with Crippen LogP contribution in [-0.2, 0) is 27.4 Å². The average Bonchev–Trinajstić information content (AvgIpc) is 3.36. The van der Waals surface area contributed by atoms with Crippen molar-refractivity contribution in [3.05, 3.63) is 99.2 Å². The van der Waals surface area contributed by atoms with E-state index in [1.807, 2.05) is 4.90 Å². The van der Waals surface area contributed by atoms with Crippen LogP contribution >= 0.6 is 23.2 Å². The van der Waals surface area contributed by atoms with Crippen LogP contribution in [0.15, 0.2) is 77.4 Å². The van der Waals surface area contributed by atoms with E-state index in [2.05, 4.69) is 11.3 Å². The second-order valence-electron chi connectivity index (χ2n) is 10.4. The summed E-state index contributed by atoms with van der Waals surface area (Å²) in [4.78, 5) is 16.1. The minimum absolute atomic E-state index is 0.0513. The number of sulfonamides is 1. The molecule has 0 saturated carbocycles. The number of alkyl halides is 3. The number of carbonyl (C=O) groups excluding carboxylic acids is 1. The van der Waals surface area contributed by atoms with Crippen LogP contribution in [0.5, 0.6) is 0 Å². The van der Waals surface area contributed by atoms with Gasteiger partial charge in [0.15, 0.2) is 0 Å². The molecule has 1 aliphatic heterocycles. The standard InChI is InChI=1S/C30H31Cl2F3N4O4S/c1-19(5-4-6-20(2)37-44(42,43)24-9-8-22(16-36)25(15-24)30(33,34)35)28(18-39-12-11-23(40)17-39)38(3)29(41)14-21-7-10-26(31)27(32)13-21/h4-10,13,15,23,28,37,40H,1,11-12,14,17-18H2,2-3H3/b5-4-,20-6+/t23-,28-/m1/s1. The Labute approximate surface area is 264 Å². The van der Waals surface area contributed by atoms with Gasteiger partial charge < -0.3 is 10.0 Å². The van der Waals surface area contributed by atoms with Crippen molar-refractivity contribution in [1.29, 1.82) is 5.26 Å². The van der Waals surface area contributed by atoms with Crippen molar-refractivity contribution in [3.63, 3.8) is 0 Å². The van der Waals surface area contributed by atoms with E-state index in [4.69, 9.17) is 28.5 Å². The monoisotopic (exact) mass is 670 g/mol. The van der Waals surface area contributed by atoms with Gasteiger partial charge >= 0.3 is 6.18 Å². The molecule has 44 heavy (non-hydrogen) atoms. The number of β-amino-alcohol motifs (C(OH)–C–C–N with tert-alkyl or cyclic N) is 1. The molecule has 2 aromatic rings. The van der Waals surface area contributed by atoms with Gasteiger partial charge in [0.05, 0.1) is 50.7 Å². The fourth-order valence-electron chi connectivity index (χ4n) is 4.59. The Morgan fingerprint density at radius 3 is 2.57 bits per heavy atom. The summed E-state index contributed by atoms with van der Waals surface area (Å²) in [6, 6.07) is 7.98. The SMILES string of the molecule is C=C(/C=C\C=C(/C)NS(=O)(=O)c1ccc(C#N)c(C(F)(F)F)c1)[C@@H](CN1CC[C@@H](O)C1)N(C)C(=O)Cc1ccc(Cl)c(Cl)c1. The van der Waals surface area contributed by atoms with E-state index in [9.17, 15) is 31.5 Å². The molecule has 3 rings (SSSR count). The highest BCUT2D eigenvalue weighted by Crippen LogP contribution is 2.33. The Morgan fingerprint density at radius 1 is 1.27 bits per heavy atom. The third-order valence-electron chi connectivity index (χ3n) is 6.99. The molecule has 2 N–H and O–H groups in total. The average molecular weight is 672 g/mol. The summed E-state index contributed by atoms with van der Waals surface area (Å²) in [5, 5.41) is 19.6. The van der Waals surface area contributed by atoms with Crippen molar-refractivity contribution in [2.75, 3.05) is 26.7 Å². The van der Waals surface area contributed by atoms with Gasteiger partial charge in [0, 0.05) is 32.4 Å². The van der Waals surface area contributed by atoms with Crippen LogP contribution in [-0.4, -0.2) is 68.1 Å². The van der Waals surface area contributed by atoms with Gasteiger partial charge in [-0.1, -0.05) is 48.0 Å². The molecule has 1 amide bonds. The number of carbonyl (C=O) groups is 1. The number of aliphatic hydroxyl groups excluding tert-OH is 1. The molecule has 1 heterocycles. The van der Waals surface area contributed by atoms with Gasteiger partial charge in [-0.15, -0.1) is 0 Å². The molecule has 236 valence electrons. The third kappa shape index (κ3) is 9.33. The van der Waals surface area contributed by atoms with E-state index in [1.54, 1.807) is 36.2 Å². The lowest BCUT2D eigenvalue weighted by atomic mass is 10.0. The highest BCUT2D eigenvalue weighted by atomic mass is 35.5. The van der Waals surface area contributed by atoms with E-state index in [0.717, 1.165) is 12.1 Å². The van der Waals surface area contributed by atoms with E-state index in [-0.39, 0.29) is 18.0 Å². The summed E-state index contributed by atoms with van der Waals surface area (Å²) in [6.45, 7) is 6.98. The molecular formula is C30H31Cl2F3N4O4S. The number of nitriles is 1. The van der Waals surface area contributed by atoms with Gasteiger partial charge in [0.25, 0.3) is 10.0 Å². The van der Waals surface area contributed by atoms with Gasteiger partial charge in [-0.3, -0.25) is 14.4 Å². The first kappa shape index (κ1) is 35.1. The van der Waals surface area contributed by atoms with Crippen molar-refractivity contribution in [2.45, 2.75) is 43.0 Å². The summed E-state index contributed by atoms with van der Waals surface area (Å²) in [5.74, 6) is -0.220. The van der Waals surface area contributed by atoms with Gasteiger partial charge in [0.2, 0.25) is 5.91 Å². The van der Waals surface area contributed by atoms with Gasteiger partial charge in [-0.2, -0.15) is 18.4 Å². The number of aliphatic hydroxyl groups is 1. The number of nitrogens with one attached hydrogen (secondary N) is 1. The van der Waals surface area contributed by atoms with Crippen LogP contribution in [0.3, 0.4) is 0 Å². The molecule has 0 aliphatic carbocycles. The number of likely N-dealkylation sites (tertiary alicyclic amines) is 1. The fraction of sp³-hybridized carbons (Fsp3) is 0.333. The van der Waals surface area contributed by atoms with Crippen LogP contribution in [0, 0.1) is 11.3 Å². The van der Waals surface area contributed by atoms with E-state index >= 15 is 0 Å². The summed E-state index contributed by atoms with van der Waals surface area (Å²) in [7, 11) is -2.76. The van der Waals surface area contributed by atoms with E-state index < -0.39 is 44.4 Å². The molecular weight excluding hydrogens is 640 g/mol. The Hall–Kier alpha value is -3.34. The lowest BCUT2D eigenvalue weighted by Gasteiger charge is -2.32. The second kappa shape index (κ2) is 14.6. The quantitative estimate of drug-likeness (QED) is 0.313. The number of allylic oxidation sites excluding steroid dienone is 3. The molecule has 0 unspecified atom stereocenters. The Kier molecular flexibility index (Phi) is 11.7. The van der Waals surface area contributed by atoms with Crippen molar-refractivity contribution >= 4 is 39.1 Å². The van der Waals surface area contributed by atoms with Gasteiger partial charge in [-0.05, 0) is 60.9 Å². The molecule has 0 bridgehead atoms. The molecule has 2 atom stereocenters. The number of amides is 1. The second-order valence-corrected chi connectivity index (χ2v) is 12.9. The zero-order valence-corrected chi connectivity index (χ0v) is 26.2. The van der Waals surface area contributed by atoms with Crippen molar-refractivity contribution in [2.24, 2.45) is 0 Å². The van der Waals surface area contributed by atoms with Crippen molar-refractivity contribution in [1.82, 2.24) is 14.5 Å². The molecule has 1 fully saturated rings. The third-order valence-corrected chi connectivity index (χ3v) is 9.19. The first-order chi connectivity index (χ1) is 20.5. The first-order valence-corrected chi connectivity index (χ1v) is 15.5. The lowest BCUT2D eigenvalue weighted by molar-refractivity contribution is -0.138. The number of hydrogen-bond acceptors (Lipinski definition) is 6. The molecule has 0 radical (unpaired) electrons. The highest BCUT2D eigenvalue weighted by molar-refractivity contribution is 7.89. The zero-order valence-electron chi connectivity index (χ0n) is 23.9. The van der Waals surface area contributed by atoms with Crippen LogP contribution in [0.25, 0.3) is 0 Å². The largest absolute Gasteiger partial charge is 0.417 e. The number of hydrogen-bond donors (Lipinski definition) is 2. The predicted octanol–water partition coefficient (Wildman–Crippen LogP) is 5.31. The van der Waals surface area contributed by atoms with Crippen LogP contribution in [0.1, 0.15) is 30.0 Å². The van der Waals surface area contributed by atoms with Crippen molar-refractivity contribution < 1.29 is 31.5 Å². The molecule has 14 heteroatoms. The van der Waals surface area contributed by atoms with E-state index in [0.29, 0.717) is 53.3 Å². The molecule has 1 saturated heterocycles. The number of likely N-dealkylation sites (N-methyl/N-ethyl adjacent to an activating group) is 1. The smallest absolute Gasteiger partial charge is 0.392 e. The Balaban J connectivity index is 1.76. The van der Waals surface area contributed by atoms with Gasteiger partial charge in [0.1, 0.15) is 0 Å². The van der Waals surface area contributed by atoms with Gasteiger partial charge in [-0.25, -0.2) is 8.42 Å². The first-order valence-electron chi connectivity index (χ1n) is 13.3. The summed E-state index contributed by atoms with van der Waals surface area (Å²) < 4.78 is 67.7. The molecule has 0 spiro atoms. The van der Waals surface area contributed by atoms with Crippen LogP contribution < -0.4 is 4.72 Å². The number of benzene rings is 2. The Bertz CT molecular complexity index is 1620. The summed E-state index contributed by atoms with van der Waals surface area (Å²) in [5.41, 5.74) is -0.762. The maximum atomic E-state index is 13.3. The molecule has 0 aromatic heterocycles. The Morgan fingerprint density at radius 2 is 1.98 bits per heavy atom. The zero-order chi connectivity index (χ0) is 32.8. The lowest BCUT2D eigenvalue weighted by Crippen LogP contribution is -2.45. The number of rotatable bonds is 11. The predicted molar refractivity (Wildman–Crippen MR) is 162 cm³/mol. The molecule has 8 nitrogen and oxygen atoms in total. The van der Waals surface area contributed by atoms with E-state index in [1.165, 1.54) is 25.1 Å². The number of nitrogens with zero attached hydrogens (tertiary/aromatic N) is 3. The fourth-order valence-corrected chi connectivity index (χ4v) is 6.04. The molecule has 2 aromatic carbocycles. The normalized spacial score (nSPS) is 17.0. The molecule has 1 aliphatic rings. The minimum atomic E-state index is -4.91. The van der Waals surface area contributed by atoms with Crippen LogP contribution in [0.2, 0.25) is 10.0 Å². The number of halogens is 5. The van der Waals surface area contributed by atoms with Crippen LogP contribution in [0.4, 0.5) is 13.2 Å². The summed E-state index contributed by atoms with van der Waals surface area (Å²) >= 11 is 12.1. The highest BCUT2D eigenvalue weighted by Gasteiger charge is 2.35. The maximum Gasteiger partial charge on any atom is 0.417 e. The topological polar surface area (TPSA) is 114 Å². The minimum Gasteiger partial charge on any atom is -0.392 e. The van der Waals surface area contributed by atoms with Crippen molar-refractivity contribution in [3.8, 4) is 6.07 Å². The maximum absolute atomic E-state index is 13.3.